The van der Waals surface area contributed by atoms with Crippen molar-refractivity contribution in [2.75, 3.05) is 11.9 Å². The summed E-state index contributed by atoms with van der Waals surface area (Å²) in [5.41, 5.74) is 1.79. The van der Waals surface area contributed by atoms with Crippen LogP contribution >= 0.6 is 0 Å². The molecule has 25 heavy (non-hydrogen) atoms. The van der Waals surface area contributed by atoms with Crippen LogP contribution in [0.3, 0.4) is 0 Å². The van der Waals surface area contributed by atoms with Crippen LogP contribution in [0.5, 0.6) is 0 Å². The standard InChI is InChI=1S/C18H25N5O2/c1-12-20-13(2)23(22-12)11-15-4-3-5-16(8-15)21-18(25)19-10-14-6-7-17(24)9-14/h3-5,8,14,17,24H,6-7,9-11H2,1-2H3,(H2,19,21,25). The molecule has 7 heteroatoms. The number of rotatable bonds is 5. The average molecular weight is 343 g/mol. The van der Waals surface area contributed by atoms with Gasteiger partial charge in [0.2, 0.25) is 0 Å². The lowest BCUT2D eigenvalue weighted by molar-refractivity contribution is 0.177. The van der Waals surface area contributed by atoms with Crippen LogP contribution in [0.1, 0.15) is 36.5 Å². The number of aromatic nitrogens is 3. The fourth-order valence-corrected chi connectivity index (χ4v) is 3.28. The van der Waals surface area contributed by atoms with Crippen molar-refractivity contribution in [3.8, 4) is 0 Å². The summed E-state index contributed by atoms with van der Waals surface area (Å²) in [4.78, 5) is 16.4. The summed E-state index contributed by atoms with van der Waals surface area (Å²) in [6.45, 7) is 5.01. The summed E-state index contributed by atoms with van der Waals surface area (Å²) in [5.74, 6) is 1.99. The molecule has 0 saturated heterocycles. The molecule has 134 valence electrons. The molecule has 7 nitrogen and oxygen atoms in total. The Kier molecular flexibility index (Phi) is 5.33. The maximum absolute atomic E-state index is 12.1. The third-order valence-corrected chi connectivity index (χ3v) is 4.54. The van der Waals surface area contributed by atoms with Gasteiger partial charge in [0, 0.05) is 12.2 Å². The van der Waals surface area contributed by atoms with Crippen molar-refractivity contribution in [1.29, 1.82) is 0 Å². The van der Waals surface area contributed by atoms with Crippen LogP contribution in [-0.4, -0.2) is 38.6 Å². The van der Waals surface area contributed by atoms with Crippen LogP contribution in [0.4, 0.5) is 10.5 Å². The number of anilines is 1. The molecule has 0 bridgehead atoms. The number of amides is 2. The maximum Gasteiger partial charge on any atom is 0.319 e. The van der Waals surface area contributed by atoms with Gasteiger partial charge in [-0.2, -0.15) is 5.10 Å². The number of urea groups is 1. The molecule has 2 unspecified atom stereocenters. The minimum Gasteiger partial charge on any atom is -0.393 e. The summed E-state index contributed by atoms with van der Waals surface area (Å²) in [6, 6.07) is 7.50. The first kappa shape index (κ1) is 17.4. The number of aliphatic hydroxyl groups is 1. The quantitative estimate of drug-likeness (QED) is 0.776. The zero-order valence-electron chi connectivity index (χ0n) is 14.7. The zero-order valence-corrected chi connectivity index (χ0v) is 14.7. The summed E-state index contributed by atoms with van der Waals surface area (Å²) in [6.07, 6.45) is 2.35. The first-order valence-corrected chi connectivity index (χ1v) is 8.69. The highest BCUT2D eigenvalue weighted by Gasteiger charge is 2.22. The molecule has 1 aliphatic rings. The molecule has 1 aliphatic carbocycles. The van der Waals surface area contributed by atoms with Crippen LogP contribution in [0, 0.1) is 19.8 Å². The molecule has 0 radical (unpaired) electrons. The van der Waals surface area contributed by atoms with Crippen LogP contribution in [0.2, 0.25) is 0 Å². The van der Waals surface area contributed by atoms with E-state index >= 15 is 0 Å². The van der Waals surface area contributed by atoms with E-state index in [0.29, 0.717) is 19.0 Å². The fraction of sp³-hybridized carbons (Fsp3) is 0.500. The number of carbonyl (C=O) groups excluding carboxylic acids is 1. The summed E-state index contributed by atoms with van der Waals surface area (Å²) in [7, 11) is 0. The van der Waals surface area contributed by atoms with Crippen molar-refractivity contribution >= 4 is 11.7 Å². The number of nitrogens with zero attached hydrogens (tertiary/aromatic N) is 3. The predicted octanol–water partition coefficient (Wildman–Crippen LogP) is 2.23. The van der Waals surface area contributed by atoms with E-state index in [0.717, 1.165) is 42.2 Å². The molecule has 3 N–H and O–H groups in total. The molecular formula is C18H25N5O2. The topological polar surface area (TPSA) is 92.1 Å². The van der Waals surface area contributed by atoms with E-state index in [1.54, 1.807) is 0 Å². The fourth-order valence-electron chi connectivity index (χ4n) is 3.28. The monoisotopic (exact) mass is 343 g/mol. The summed E-state index contributed by atoms with van der Waals surface area (Å²) < 4.78 is 1.85. The van der Waals surface area contributed by atoms with Crippen LogP contribution in [-0.2, 0) is 6.54 Å². The Labute approximate surface area is 147 Å². The van der Waals surface area contributed by atoms with E-state index in [4.69, 9.17) is 0 Å². The van der Waals surface area contributed by atoms with E-state index in [-0.39, 0.29) is 12.1 Å². The number of aliphatic hydroxyl groups excluding tert-OH is 1. The van der Waals surface area contributed by atoms with Crippen LogP contribution < -0.4 is 10.6 Å². The van der Waals surface area contributed by atoms with Gasteiger partial charge in [-0.15, -0.1) is 0 Å². The van der Waals surface area contributed by atoms with E-state index in [2.05, 4.69) is 20.7 Å². The average Bonchev–Trinajstić information content (AvgIpc) is 3.11. The lowest BCUT2D eigenvalue weighted by atomic mass is 10.1. The summed E-state index contributed by atoms with van der Waals surface area (Å²) in [5, 5.41) is 19.6. The minimum atomic E-state index is -0.216. The Morgan fingerprint density at radius 2 is 2.20 bits per heavy atom. The predicted molar refractivity (Wildman–Crippen MR) is 95.4 cm³/mol. The van der Waals surface area contributed by atoms with Crippen molar-refractivity contribution in [3.63, 3.8) is 0 Å². The maximum atomic E-state index is 12.1. The van der Waals surface area contributed by atoms with Gasteiger partial charge in [0.1, 0.15) is 11.6 Å². The molecule has 3 rings (SSSR count). The van der Waals surface area contributed by atoms with Gasteiger partial charge in [0.25, 0.3) is 0 Å². The van der Waals surface area contributed by atoms with E-state index in [1.165, 1.54) is 0 Å². The normalized spacial score (nSPS) is 19.8. The van der Waals surface area contributed by atoms with Gasteiger partial charge in [-0.3, -0.25) is 0 Å². The van der Waals surface area contributed by atoms with Gasteiger partial charge in [-0.1, -0.05) is 12.1 Å². The van der Waals surface area contributed by atoms with Crippen molar-refractivity contribution in [1.82, 2.24) is 20.1 Å². The Bertz CT molecular complexity index is 743. The number of hydrogen-bond donors (Lipinski definition) is 3. The molecule has 1 aromatic heterocycles. The number of benzene rings is 1. The lowest BCUT2D eigenvalue weighted by Crippen LogP contribution is -2.32. The Morgan fingerprint density at radius 1 is 1.36 bits per heavy atom. The van der Waals surface area contributed by atoms with Gasteiger partial charge in [-0.05, 0) is 56.7 Å². The van der Waals surface area contributed by atoms with Crippen molar-refractivity contribution < 1.29 is 9.90 Å². The van der Waals surface area contributed by atoms with Crippen LogP contribution in [0.25, 0.3) is 0 Å². The summed E-state index contributed by atoms with van der Waals surface area (Å²) >= 11 is 0. The molecule has 1 aromatic carbocycles. The highest BCUT2D eigenvalue weighted by atomic mass is 16.3. The smallest absolute Gasteiger partial charge is 0.319 e. The van der Waals surface area contributed by atoms with Gasteiger partial charge in [0.05, 0.1) is 12.6 Å². The molecule has 1 saturated carbocycles. The second-order valence-electron chi connectivity index (χ2n) is 6.73. The van der Waals surface area contributed by atoms with Gasteiger partial charge >= 0.3 is 6.03 Å². The minimum absolute atomic E-state index is 0.213. The highest BCUT2D eigenvalue weighted by molar-refractivity contribution is 5.89. The van der Waals surface area contributed by atoms with Crippen molar-refractivity contribution in [2.45, 2.75) is 45.8 Å². The number of hydrogen-bond acceptors (Lipinski definition) is 4. The molecule has 2 amide bonds. The largest absolute Gasteiger partial charge is 0.393 e. The Hall–Kier alpha value is -2.41. The number of aryl methyl sites for hydroxylation is 2. The molecule has 2 atom stereocenters. The first-order chi connectivity index (χ1) is 12.0. The third-order valence-electron chi connectivity index (χ3n) is 4.54. The molecule has 1 fully saturated rings. The molecular weight excluding hydrogens is 318 g/mol. The molecule has 0 aliphatic heterocycles. The van der Waals surface area contributed by atoms with E-state index in [9.17, 15) is 9.90 Å². The first-order valence-electron chi connectivity index (χ1n) is 8.69. The van der Waals surface area contributed by atoms with E-state index in [1.807, 2.05) is 42.8 Å². The Balaban J connectivity index is 1.54. The second-order valence-corrected chi connectivity index (χ2v) is 6.73. The molecule has 0 spiro atoms. The molecule has 2 aromatic rings. The van der Waals surface area contributed by atoms with Crippen molar-refractivity contribution in [3.05, 3.63) is 41.5 Å². The lowest BCUT2D eigenvalue weighted by Gasteiger charge is -2.12. The SMILES string of the molecule is Cc1nc(C)n(Cc2cccc(NC(=O)NCC3CCC(O)C3)c2)n1. The van der Waals surface area contributed by atoms with Crippen LogP contribution in [0.15, 0.2) is 24.3 Å². The number of nitrogens with one attached hydrogen (secondary N) is 2. The number of carbonyl (C=O) groups is 1. The Morgan fingerprint density at radius 3 is 2.88 bits per heavy atom. The van der Waals surface area contributed by atoms with Crippen molar-refractivity contribution in [2.24, 2.45) is 5.92 Å². The van der Waals surface area contributed by atoms with E-state index < -0.39 is 0 Å². The second kappa shape index (κ2) is 7.65. The zero-order chi connectivity index (χ0) is 17.8. The van der Waals surface area contributed by atoms with Gasteiger partial charge < -0.3 is 15.7 Å². The van der Waals surface area contributed by atoms with Gasteiger partial charge in [0.15, 0.2) is 0 Å². The third kappa shape index (κ3) is 4.79. The molecule has 1 heterocycles. The highest BCUT2D eigenvalue weighted by Crippen LogP contribution is 2.24. The van der Waals surface area contributed by atoms with Gasteiger partial charge in [-0.25, -0.2) is 14.5 Å².